The van der Waals surface area contributed by atoms with Gasteiger partial charge in [-0.1, -0.05) is 28.5 Å². The predicted octanol–water partition coefficient (Wildman–Crippen LogP) is 2.34. The van der Waals surface area contributed by atoms with Gasteiger partial charge in [-0.3, -0.25) is 0 Å². The van der Waals surface area contributed by atoms with E-state index in [4.69, 9.17) is 0 Å². The maximum Gasteiger partial charge on any atom is 0.0190 e. The average molecular weight is 179 g/mol. The number of rotatable bonds is 5. The molecule has 0 amide bonds. The number of hydrogen-bond acceptors (Lipinski definition) is 3. The van der Waals surface area contributed by atoms with Crippen molar-refractivity contribution in [3.63, 3.8) is 0 Å². The molecule has 0 aliphatic carbocycles. The van der Waals surface area contributed by atoms with E-state index >= 15 is 0 Å². The fourth-order valence-electron chi connectivity index (χ4n) is 0.379. The molecule has 0 fully saturated rings. The third-order valence-electron chi connectivity index (χ3n) is 1.39. The summed E-state index contributed by atoms with van der Waals surface area (Å²) in [7, 11) is 8.16. The molecule has 1 atom stereocenters. The van der Waals surface area contributed by atoms with Gasteiger partial charge in [-0.15, -0.1) is 0 Å². The molecule has 0 aromatic carbocycles. The summed E-state index contributed by atoms with van der Waals surface area (Å²) in [6, 6.07) is 0.698. The normalized spacial score (nSPS) is 14.1. The standard InChI is InChI=1S/C7H17NS2/c1-5-9-10-6-7(2)8(3)4/h7H,5-6H2,1-4H3. The predicted molar refractivity (Wildman–Crippen MR) is 53.7 cm³/mol. The first-order valence-corrected chi connectivity index (χ1v) is 6.08. The quantitative estimate of drug-likeness (QED) is 0.471. The summed E-state index contributed by atoms with van der Waals surface area (Å²) in [5.41, 5.74) is 0. The summed E-state index contributed by atoms with van der Waals surface area (Å²) >= 11 is 0. The fourth-order valence-corrected chi connectivity index (χ4v) is 2.52. The molecule has 0 saturated heterocycles. The molecule has 0 aliphatic heterocycles. The SMILES string of the molecule is CCSSCC(C)N(C)C. The van der Waals surface area contributed by atoms with Crippen molar-refractivity contribution < 1.29 is 0 Å². The van der Waals surface area contributed by atoms with Gasteiger partial charge in [0.2, 0.25) is 0 Å². The molecule has 3 heteroatoms. The van der Waals surface area contributed by atoms with Gasteiger partial charge in [-0.25, -0.2) is 0 Å². The van der Waals surface area contributed by atoms with Crippen molar-refractivity contribution in [1.82, 2.24) is 4.90 Å². The lowest BCUT2D eigenvalue weighted by atomic mass is 10.4. The van der Waals surface area contributed by atoms with Crippen LogP contribution in [0.15, 0.2) is 0 Å². The number of hydrogen-bond donors (Lipinski definition) is 0. The van der Waals surface area contributed by atoms with E-state index in [0.717, 1.165) is 0 Å². The van der Waals surface area contributed by atoms with Crippen LogP contribution in [0.3, 0.4) is 0 Å². The molecule has 10 heavy (non-hydrogen) atoms. The van der Waals surface area contributed by atoms with E-state index in [1.54, 1.807) is 0 Å². The molecule has 0 bridgehead atoms. The van der Waals surface area contributed by atoms with Crippen LogP contribution in [0.25, 0.3) is 0 Å². The second kappa shape index (κ2) is 6.38. The van der Waals surface area contributed by atoms with Crippen LogP contribution in [0.4, 0.5) is 0 Å². The maximum atomic E-state index is 2.25. The zero-order valence-electron chi connectivity index (χ0n) is 7.26. The van der Waals surface area contributed by atoms with Crippen molar-refractivity contribution in [2.45, 2.75) is 19.9 Å². The van der Waals surface area contributed by atoms with Crippen molar-refractivity contribution >= 4 is 21.6 Å². The fraction of sp³-hybridized carbons (Fsp3) is 1.00. The lowest BCUT2D eigenvalue weighted by molar-refractivity contribution is 0.340. The van der Waals surface area contributed by atoms with E-state index in [1.807, 2.05) is 21.6 Å². The molecule has 0 aliphatic rings. The Morgan fingerprint density at radius 3 is 2.30 bits per heavy atom. The largest absolute Gasteiger partial charge is 0.306 e. The van der Waals surface area contributed by atoms with Crippen molar-refractivity contribution in [3.05, 3.63) is 0 Å². The third kappa shape index (κ3) is 5.45. The molecule has 1 unspecified atom stereocenters. The van der Waals surface area contributed by atoms with E-state index in [2.05, 4.69) is 32.8 Å². The molecule has 0 aromatic heterocycles. The Labute approximate surface area is 72.3 Å². The Morgan fingerprint density at radius 2 is 1.90 bits per heavy atom. The first-order chi connectivity index (χ1) is 4.68. The van der Waals surface area contributed by atoms with Gasteiger partial charge < -0.3 is 4.90 Å². The molecule has 0 spiro atoms. The minimum Gasteiger partial charge on any atom is -0.306 e. The van der Waals surface area contributed by atoms with Gasteiger partial charge in [0.25, 0.3) is 0 Å². The van der Waals surface area contributed by atoms with Crippen LogP contribution in [-0.2, 0) is 0 Å². The third-order valence-corrected chi connectivity index (χ3v) is 4.03. The van der Waals surface area contributed by atoms with Gasteiger partial charge in [-0.05, 0) is 21.0 Å². The minimum absolute atomic E-state index is 0.698. The second-order valence-electron chi connectivity index (χ2n) is 2.50. The lowest BCUT2D eigenvalue weighted by Gasteiger charge is -2.18. The summed E-state index contributed by atoms with van der Waals surface area (Å²) in [6.45, 7) is 4.45. The summed E-state index contributed by atoms with van der Waals surface area (Å²) in [6.07, 6.45) is 0. The van der Waals surface area contributed by atoms with Gasteiger partial charge in [0.15, 0.2) is 0 Å². The van der Waals surface area contributed by atoms with Crippen molar-refractivity contribution in [2.24, 2.45) is 0 Å². The average Bonchev–Trinajstić information content (AvgIpc) is 1.88. The highest BCUT2D eigenvalue weighted by molar-refractivity contribution is 8.76. The topological polar surface area (TPSA) is 3.24 Å². The van der Waals surface area contributed by atoms with Crippen molar-refractivity contribution in [3.8, 4) is 0 Å². The lowest BCUT2D eigenvalue weighted by Crippen LogP contribution is -2.26. The zero-order chi connectivity index (χ0) is 7.98. The van der Waals surface area contributed by atoms with Crippen LogP contribution in [0.2, 0.25) is 0 Å². The molecule has 0 heterocycles. The Hall–Kier alpha value is 0.660. The minimum atomic E-state index is 0.698. The molecule has 0 N–H and O–H groups in total. The van der Waals surface area contributed by atoms with Crippen LogP contribution in [-0.4, -0.2) is 36.5 Å². The van der Waals surface area contributed by atoms with Crippen LogP contribution in [0.1, 0.15) is 13.8 Å². The van der Waals surface area contributed by atoms with E-state index in [-0.39, 0.29) is 0 Å². The monoisotopic (exact) mass is 179 g/mol. The van der Waals surface area contributed by atoms with Crippen molar-refractivity contribution in [2.75, 3.05) is 25.6 Å². The number of nitrogens with zero attached hydrogens (tertiary/aromatic N) is 1. The summed E-state index contributed by atoms with van der Waals surface area (Å²) in [5.74, 6) is 2.44. The van der Waals surface area contributed by atoms with Crippen LogP contribution in [0, 0.1) is 0 Å². The molecule has 62 valence electrons. The smallest absolute Gasteiger partial charge is 0.0190 e. The Kier molecular flexibility index (Phi) is 6.80. The van der Waals surface area contributed by atoms with E-state index in [9.17, 15) is 0 Å². The summed E-state index contributed by atoms with van der Waals surface area (Å²) in [4.78, 5) is 2.25. The Morgan fingerprint density at radius 1 is 1.30 bits per heavy atom. The van der Waals surface area contributed by atoms with Crippen LogP contribution in [0.5, 0.6) is 0 Å². The molecule has 0 saturated carbocycles. The van der Waals surface area contributed by atoms with Crippen LogP contribution < -0.4 is 0 Å². The Bertz CT molecular complexity index is 76.0. The van der Waals surface area contributed by atoms with Gasteiger partial charge in [0, 0.05) is 17.5 Å². The highest BCUT2D eigenvalue weighted by atomic mass is 33.1. The van der Waals surface area contributed by atoms with Gasteiger partial charge in [-0.2, -0.15) is 0 Å². The highest BCUT2D eigenvalue weighted by Gasteiger charge is 2.02. The molecule has 0 radical (unpaired) electrons. The van der Waals surface area contributed by atoms with E-state index < -0.39 is 0 Å². The molecular formula is C7H17NS2. The first-order valence-electron chi connectivity index (χ1n) is 3.59. The Balaban J connectivity index is 3.13. The van der Waals surface area contributed by atoms with Gasteiger partial charge in [0.1, 0.15) is 0 Å². The molecule has 0 rings (SSSR count). The van der Waals surface area contributed by atoms with E-state index in [0.29, 0.717) is 6.04 Å². The van der Waals surface area contributed by atoms with Gasteiger partial charge >= 0.3 is 0 Å². The van der Waals surface area contributed by atoms with Crippen molar-refractivity contribution in [1.29, 1.82) is 0 Å². The second-order valence-corrected chi connectivity index (χ2v) is 5.30. The van der Waals surface area contributed by atoms with Gasteiger partial charge in [0.05, 0.1) is 0 Å². The first kappa shape index (κ1) is 10.7. The zero-order valence-corrected chi connectivity index (χ0v) is 8.89. The summed E-state index contributed by atoms with van der Waals surface area (Å²) < 4.78 is 0. The molecule has 1 nitrogen and oxygen atoms in total. The molecule has 0 aromatic rings. The van der Waals surface area contributed by atoms with E-state index in [1.165, 1.54) is 11.5 Å². The highest BCUT2D eigenvalue weighted by Crippen LogP contribution is 2.21. The van der Waals surface area contributed by atoms with Crippen LogP contribution >= 0.6 is 21.6 Å². The maximum absolute atomic E-state index is 2.25. The summed E-state index contributed by atoms with van der Waals surface area (Å²) in [5, 5.41) is 0. The molecular weight excluding hydrogens is 162 g/mol.